The van der Waals surface area contributed by atoms with E-state index in [0.29, 0.717) is 48.0 Å². The lowest BCUT2D eigenvalue weighted by atomic mass is 9.92. The van der Waals surface area contributed by atoms with Gasteiger partial charge in [0.2, 0.25) is 0 Å². The number of rotatable bonds is 5. The minimum atomic E-state index is -0.544. The number of carbonyl (C=O) groups is 3. The van der Waals surface area contributed by atoms with Crippen molar-refractivity contribution in [2.24, 2.45) is 0 Å². The van der Waals surface area contributed by atoms with E-state index in [0.717, 1.165) is 5.56 Å². The zero-order valence-electron chi connectivity index (χ0n) is 15.7. The Labute approximate surface area is 157 Å². The summed E-state index contributed by atoms with van der Waals surface area (Å²) in [6, 6.07) is 9.01. The quantitative estimate of drug-likeness (QED) is 0.590. The Morgan fingerprint density at radius 1 is 1.11 bits per heavy atom. The fraction of sp³-hybridized carbons (Fsp3) is 0.381. The van der Waals surface area contributed by atoms with Crippen LogP contribution in [0, 0.1) is 0 Å². The Hall–Kier alpha value is -2.89. The first-order chi connectivity index (χ1) is 12.8. The van der Waals surface area contributed by atoms with Crippen molar-refractivity contribution in [3.8, 4) is 11.5 Å². The molecule has 1 atom stereocenters. The third kappa shape index (κ3) is 4.27. The third-order valence-electron chi connectivity index (χ3n) is 4.67. The van der Waals surface area contributed by atoms with Crippen LogP contribution in [-0.2, 0) is 25.5 Å². The molecule has 1 fully saturated rings. The van der Waals surface area contributed by atoms with Gasteiger partial charge in [-0.15, -0.1) is 0 Å². The van der Waals surface area contributed by atoms with Gasteiger partial charge < -0.3 is 14.2 Å². The molecule has 0 saturated carbocycles. The number of ether oxygens (including phenoxy) is 3. The lowest BCUT2D eigenvalue weighted by molar-refractivity contribution is -0.147. The van der Waals surface area contributed by atoms with Crippen molar-refractivity contribution in [2.75, 3.05) is 0 Å². The maximum atomic E-state index is 11.7. The van der Waals surface area contributed by atoms with E-state index in [-0.39, 0.29) is 5.97 Å². The zero-order valence-corrected chi connectivity index (χ0v) is 15.7. The fourth-order valence-corrected chi connectivity index (χ4v) is 3.38. The highest BCUT2D eigenvalue weighted by Crippen LogP contribution is 2.39. The molecule has 0 bridgehead atoms. The summed E-state index contributed by atoms with van der Waals surface area (Å²) in [5, 5.41) is 1.38. The average molecular weight is 370 g/mol. The van der Waals surface area contributed by atoms with Crippen molar-refractivity contribution in [3.05, 3.63) is 35.9 Å². The molecule has 1 aliphatic heterocycles. The summed E-state index contributed by atoms with van der Waals surface area (Å²) >= 11 is 0. The van der Waals surface area contributed by atoms with Gasteiger partial charge in [-0.05, 0) is 37.8 Å². The van der Waals surface area contributed by atoms with E-state index >= 15 is 0 Å². The first-order valence-electron chi connectivity index (χ1n) is 8.91. The number of cyclic esters (lactones) is 1. The molecule has 0 amide bonds. The van der Waals surface area contributed by atoms with Crippen molar-refractivity contribution >= 4 is 28.7 Å². The summed E-state index contributed by atoms with van der Waals surface area (Å²) in [4.78, 5) is 34.7. The van der Waals surface area contributed by atoms with E-state index in [1.807, 2.05) is 31.2 Å². The monoisotopic (exact) mass is 370 g/mol. The Balaban J connectivity index is 2.04. The SMILES string of the molecule is CC(=O)Oc1cc(CCC2(C)CCC(=O)O2)c(OC(C)=O)c2ccccc12. The molecule has 2 aromatic carbocycles. The summed E-state index contributed by atoms with van der Waals surface area (Å²) in [7, 11) is 0. The molecule has 142 valence electrons. The minimum Gasteiger partial charge on any atom is -0.459 e. The Morgan fingerprint density at radius 3 is 2.37 bits per heavy atom. The lowest BCUT2D eigenvalue weighted by Crippen LogP contribution is -2.24. The van der Waals surface area contributed by atoms with Gasteiger partial charge in [0, 0.05) is 31.0 Å². The number of esters is 3. The summed E-state index contributed by atoms with van der Waals surface area (Å²) in [6.07, 6.45) is 2.14. The maximum Gasteiger partial charge on any atom is 0.308 e. The van der Waals surface area contributed by atoms with Crippen molar-refractivity contribution in [2.45, 2.75) is 52.1 Å². The van der Waals surface area contributed by atoms with Crippen molar-refractivity contribution in [1.82, 2.24) is 0 Å². The van der Waals surface area contributed by atoms with E-state index in [4.69, 9.17) is 14.2 Å². The molecule has 3 rings (SSSR count). The fourth-order valence-electron chi connectivity index (χ4n) is 3.38. The second-order valence-electron chi connectivity index (χ2n) is 7.02. The maximum absolute atomic E-state index is 11.7. The number of aryl methyl sites for hydroxylation is 1. The number of carbonyl (C=O) groups excluding carboxylic acids is 3. The molecule has 0 N–H and O–H groups in total. The highest BCUT2D eigenvalue weighted by molar-refractivity contribution is 5.97. The second-order valence-corrected chi connectivity index (χ2v) is 7.02. The average Bonchev–Trinajstić information content (AvgIpc) is 2.94. The standard InChI is InChI=1S/C21H22O6/c1-13(22)25-18-12-15(8-10-21(3)11-9-19(24)27-21)20(26-14(2)23)17-7-5-4-6-16(17)18/h4-7,12H,8-11H2,1-3H3. The highest BCUT2D eigenvalue weighted by Gasteiger charge is 2.35. The van der Waals surface area contributed by atoms with Crippen LogP contribution in [0.1, 0.15) is 45.6 Å². The van der Waals surface area contributed by atoms with Crippen LogP contribution in [0.4, 0.5) is 0 Å². The number of hydrogen-bond acceptors (Lipinski definition) is 6. The molecular formula is C21H22O6. The summed E-state index contributed by atoms with van der Waals surface area (Å²) < 4.78 is 16.3. The van der Waals surface area contributed by atoms with Gasteiger partial charge in [-0.2, -0.15) is 0 Å². The second kappa shape index (κ2) is 7.39. The van der Waals surface area contributed by atoms with E-state index in [2.05, 4.69) is 0 Å². The van der Waals surface area contributed by atoms with Crippen LogP contribution in [0.2, 0.25) is 0 Å². The van der Waals surface area contributed by atoms with Gasteiger partial charge in [0.1, 0.15) is 17.1 Å². The zero-order chi connectivity index (χ0) is 19.6. The van der Waals surface area contributed by atoms with Crippen LogP contribution in [0.15, 0.2) is 30.3 Å². The predicted molar refractivity (Wildman–Crippen MR) is 98.6 cm³/mol. The molecule has 6 heteroatoms. The molecular weight excluding hydrogens is 348 g/mol. The third-order valence-corrected chi connectivity index (χ3v) is 4.67. The van der Waals surface area contributed by atoms with Crippen LogP contribution >= 0.6 is 0 Å². The minimum absolute atomic E-state index is 0.197. The molecule has 1 aliphatic rings. The first kappa shape index (κ1) is 18.9. The van der Waals surface area contributed by atoms with E-state index in [1.54, 1.807) is 6.07 Å². The number of hydrogen-bond donors (Lipinski definition) is 0. The molecule has 1 heterocycles. The van der Waals surface area contributed by atoms with Gasteiger partial charge in [-0.1, -0.05) is 24.3 Å². The van der Waals surface area contributed by atoms with Gasteiger partial charge in [-0.25, -0.2) is 0 Å². The molecule has 6 nitrogen and oxygen atoms in total. The topological polar surface area (TPSA) is 78.9 Å². The molecule has 27 heavy (non-hydrogen) atoms. The molecule has 0 aromatic heterocycles. The number of benzene rings is 2. The van der Waals surface area contributed by atoms with Gasteiger partial charge in [-0.3, -0.25) is 14.4 Å². The Bertz CT molecular complexity index is 916. The summed E-state index contributed by atoms with van der Waals surface area (Å²) in [5.74, 6) is -0.195. The summed E-state index contributed by atoms with van der Waals surface area (Å²) in [5.41, 5.74) is 0.182. The van der Waals surface area contributed by atoms with Crippen LogP contribution in [0.5, 0.6) is 11.5 Å². The molecule has 0 aliphatic carbocycles. The van der Waals surface area contributed by atoms with Crippen LogP contribution in [0.3, 0.4) is 0 Å². The van der Waals surface area contributed by atoms with Crippen molar-refractivity contribution < 1.29 is 28.6 Å². The molecule has 0 spiro atoms. The van der Waals surface area contributed by atoms with Crippen LogP contribution < -0.4 is 9.47 Å². The lowest BCUT2D eigenvalue weighted by Gasteiger charge is -2.23. The highest BCUT2D eigenvalue weighted by atomic mass is 16.6. The van der Waals surface area contributed by atoms with Crippen LogP contribution in [-0.4, -0.2) is 23.5 Å². The normalized spacial score (nSPS) is 19.0. The molecule has 2 aromatic rings. The first-order valence-corrected chi connectivity index (χ1v) is 8.91. The van der Waals surface area contributed by atoms with Gasteiger partial charge in [0.15, 0.2) is 0 Å². The number of fused-ring (bicyclic) bond motifs is 1. The van der Waals surface area contributed by atoms with E-state index in [9.17, 15) is 14.4 Å². The van der Waals surface area contributed by atoms with Crippen molar-refractivity contribution in [1.29, 1.82) is 0 Å². The van der Waals surface area contributed by atoms with E-state index < -0.39 is 17.5 Å². The smallest absolute Gasteiger partial charge is 0.308 e. The summed E-state index contributed by atoms with van der Waals surface area (Å²) in [6.45, 7) is 4.59. The Kier molecular flexibility index (Phi) is 5.17. The van der Waals surface area contributed by atoms with E-state index in [1.165, 1.54) is 13.8 Å². The van der Waals surface area contributed by atoms with Gasteiger partial charge in [0.05, 0.1) is 0 Å². The largest absolute Gasteiger partial charge is 0.459 e. The molecule has 1 saturated heterocycles. The van der Waals surface area contributed by atoms with Crippen LogP contribution in [0.25, 0.3) is 10.8 Å². The van der Waals surface area contributed by atoms with Gasteiger partial charge >= 0.3 is 17.9 Å². The van der Waals surface area contributed by atoms with Crippen molar-refractivity contribution in [3.63, 3.8) is 0 Å². The van der Waals surface area contributed by atoms with Gasteiger partial charge in [0.25, 0.3) is 0 Å². The molecule has 1 unspecified atom stereocenters. The predicted octanol–water partition coefficient (Wildman–Crippen LogP) is 3.72. The Morgan fingerprint density at radius 2 is 1.78 bits per heavy atom. The molecule has 0 radical (unpaired) electrons.